The largest absolute Gasteiger partial charge is 0.416 e. The molecule has 0 aliphatic heterocycles. The summed E-state index contributed by atoms with van der Waals surface area (Å²) in [4.78, 5) is 12.9. The molecule has 1 aliphatic carbocycles. The number of nitrogens with one attached hydrogen (secondary N) is 2. The number of amides is 1. The van der Waals surface area contributed by atoms with E-state index in [2.05, 4.69) is 10.6 Å². The molecule has 0 unspecified atom stereocenters. The van der Waals surface area contributed by atoms with Gasteiger partial charge >= 0.3 is 12.4 Å². The van der Waals surface area contributed by atoms with Crippen molar-refractivity contribution in [2.75, 3.05) is 0 Å². The second-order valence-electron chi connectivity index (χ2n) is 8.83. The van der Waals surface area contributed by atoms with Crippen LogP contribution in [0.2, 0.25) is 5.02 Å². The van der Waals surface area contributed by atoms with E-state index in [1.54, 1.807) is 6.07 Å². The number of benzene rings is 2. The molecule has 0 spiro atoms. The minimum atomic E-state index is -4.95. The molecule has 1 aliphatic rings. The molecular formula is C25H25ClF6N2O. The van der Waals surface area contributed by atoms with E-state index in [1.165, 1.54) is 0 Å². The summed E-state index contributed by atoms with van der Waals surface area (Å²) in [6, 6.07) is 8.62. The summed E-state index contributed by atoms with van der Waals surface area (Å²) in [6.07, 6.45) is -8.90. The minimum Gasteiger partial charge on any atom is -0.348 e. The number of halogens is 7. The second kappa shape index (κ2) is 10.6. The fourth-order valence-corrected chi connectivity index (χ4v) is 4.31. The van der Waals surface area contributed by atoms with Crippen LogP contribution in [0.1, 0.15) is 48.9 Å². The van der Waals surface area contributed by atoms with Crippen LogP contribution in [0.5, 0.6) is 0 Å². The van der Waals surface area contributed by atoms with Crippen LogP contribution in [-0.2, 0) is 30.2 Å². The van der Waals surface area contributed by atoms with Gasteiger partial charge in [-0.1, -0.05) is 49.2 Å². The van der Waals surface area contributed by atoms with E-state index in [0.717, 1.165) is 11.1 Å². The number of carbonyl (C=O) groups is 1. The minimum absolute atomic E-state index is 0.0465. The second-order valence-corrected chi connectivity index (χ2v) is 9.24. The standard InChI is InChI=1S/C25H25ClF6N2O/c1-14(2)20-10-19(33-13-16-5-3-4-6-22(16)26)11-21(20)23(35)34-12-15-7-17(24(27,28)29)9-18(8-15)25(30,31)32/h3-9,14,19,33H,10-13H2,1-2H3,(H,34,35)/t19-/m1/s1. The van der Waals surface area contributed by atoms with Gasteiger partial charge in [-0.3, -0.25) is 4.79 Å². The van der Waals surface area contributed by atoms with E-state index in [1.807, 2.05) is 32.0 Å². The SMILES string of the molecule is CC(C)C1=C(C(=O)NCc2cc(C(F)(F)F)cc(C(F)(F)F)c2)C[C@H](NCc2ccccc2Cl)C1. The molecule has 2 aromatic carbocycles. The monoisotopic (exact) mass is 518 g/mol. The van der Waals surface area contributed by atoms with E-state index < -0.39 is 35.9 Å². The Morgan fingerprint density at radius 2 is 1.57 bits per heavy atom. The molecule has 0 saturated heterocycles. The molecular weight excluding hydrogens is 494 g/mol. The van der Waals surface area contributed by atoms with Crippen molar-refractivity contribution in [1.82, 2.24) is 10.6 Å². The highest BCUT2D eigenvalue weighted by Gasteiger charge is 2.37. The Bertz CT molecular complexity index is 1080. The lowest BCUT2D eigenvalue weighted by Crippen LogP contribution is -2.29. The third-order valence-electron chi connectivity index (χ3n) is 5.92. The van der Waals surface area contributed by atoms with Crippen molar-refractivity contribution in [1.29, 1.82) is 0 Å². The molecule has 0 heterocycles. The van der Waals surface area contributed by atoms with Crippen molar-refractivity contribution in [3.05, 3.63) is 80.9 Å². The summed E-state index contributed by atoms with van der Waals surface area (Å²) in [5.41, 5.74) is -0.799. The zero-order valence-corrected chi connectivity index (χ0v) is 19.8. The van der Waals surface area contributed by atoms with Crippen LogP contribution in [0, 0.1) is 5.92 Å². The Morgan fingerprint density at radius 1 is 0.971 bits per heavy atom. The van der Waals surface area contributed by atoms with Crippen molar-refractivity contribution >= 4 is 17.5 Å². The average molecular weight is 519 g/mol. The van der Waals surface area contributed by atoms with Crippen LogP contribution in [0.3, 0.4) is 0 Å². The fraction of sp³-hybridized carbons (Fsp3) is 0.400. The van der Waals surface area contributed by atoms with Gasteiger partial charge in [0.1, 0.15) is 0 Å². The van der Waals surface area contributed by atoms with Crippen LogP contribution in [-0.4, -0.2) is 11.9 Å². The van der Waals surface area contributed by atoms with E-state index >= 15 is 0 Å². The number of rotatable bonds is 7. The molecule has 35 heavy (non-hydrogen) atoms. The van der Waals surface area contributed by atoms with Crippen molar-refractivity contribution in [2.45, 2.75) is 58.2 Å². The highest BCUT2D eigenvalue weighted by Crippen LogP contribution is 2.37. The molecule has 0 fully saturated rings. The maximum atomic E-state index is 13.1. The number of hydrogen-bond donors (Lipinski definition) is 2. The van der Waals surface area contributed by atoms with Crippen molar-refractivity contribution in [3.8, 4) is 0 Å². The van der Waals surface area contributed by atoms with Crippen molar-refractivity contribution in [2.24, 2.45) is 5.92 Å². The van der Waals surface area contributed by atoms with Crippen molar-refractivity contribution in [3.63, 3.8) is 0 Å². The number of hydrogen-bond acceptors (Lipinski definition) is 2. The Labute approximate surface area is 204 Å². The van der Waals surface area contributed by atoms with E-state index in [0.29, 0.717) is 42.1 Å². The van der Waals surface area contributed by atoms with Gasteiger partial charge in [0.15, 0.2) is 0 Å². The van der Waals surface area contributed by atoms with Crippen LogP contribution in [0.4, 0.5) is 26.3 Å². The van der Waals surface area contributed by atoms with Gasteiger partial charge in [-0.05, 0) is 54.2 Å². The lowest BCUT2D eigenvalue weighted by Gasteiger charge is -2.15. The summed E-state index contributed by atoms with van der Waals surface area (Å²) in [7, 11) is 0. The van der Waals surface area contributed by atoms with E-state index in [9.17, 15) is 31.1 Å². The maximum Gasteiger partial charge on any atom is 0.416 e. The molecule has 1 amide bonds. The van der Waals surface area contributed by atoms with Crippen LogP contribution in [0.15, 0.2) is 53.6 Å². The normalized spacial score (nSPS) is 16.8. The summed E-state index contributed by atoms with van der Waals surface area (Å²) in [6.45, 7) is 3.90. The summed E-state index contributed by atoms with van der Waals surface area (Å²) in [5.74, 6) is -0.449. The zero-order valence-electron chi connectivity index (χ0n) is 19.1. The van der Waals surface area contributed by atoms with Crippen LogP contribution >= 0.6 is 11.6 Å². The maximum absolute atomic E-state index is 13.1. The molecule has 3 nitrogen and oxygen atoms in total. The third kappa shape index (κ3) is 7.01. The molecule has 1 atom stereocenters. The van der Waals surface area contributed by atoms with E-state index in [4.69, 9.17) is 11.6 Å². The first kappa shape index (κ1) is 27.1. The fourth-order valence-electron chi connectivity index (χ4n) is 4.11. The van der Waals surface area contributed by atoms with Crippen molar-refractivity contribution < 1.29 is 31.1 Å². The molecule has 2 N–H and O–H groups in total. The summed E-state index contributed by atoms with van der Waals surface area (Å²) < 4.78 is 78.6. The Hall–Kier alpha value is -2.52. The molecule has 3 rings (SSSR count). The Morgan fingerprint density at radius 3 is 2.11 bits per heavy atom. The lowest BCUT2D eigenvalue weighted by atomic mass is 9.98. The summed E-state index contributed by atoms with van der Waals surface area (Å²) >= 11 is 6.19. The number of carbonyl (C=O) groups excluding carboxylic acids is 1. The van der Waals surface area contributed by atoms with Gasteiger partial charge in [0, 0.05) is 29.7 Å². The first-order valence-electron chi connectivity index (χ1n) is 11.0. The molecule has 0 saturated carbocycles. The predicted molar refractivity (Wildman–Crippen MR) is 121 cm³/mol. The molecule has 0 radical (unpaired) electrons. The number of alkyl halides is 6. The smallest absolute Gasteiger partial charge is 0.348 e. The highest BCUT2D eigenvalue weighted by atomic mass is 35.5. The quantitative estimate of drug-likeness (QED) is 0.391. The molecule has 190 valence electrons. The van der Waals surface area contributed by atoms with Gasteiger partial charge < -0.3 is 10.6 Å². The molecule has 0 bridgehead atoms. The Balaban J connectivity index is 1.71. The zero-order chi connectivity index (χ0) is 26.0. The molecule has 10 heteroatoms. The predicted octanol–water partition coefficient (Wildman–Crippen LogP) is 6.90. The first-order valence-corrected chi connectivity index (χ1v) is 11.4. The Kier molecular flexibility index (Phi) is 8.21. The first-order chi connectivity index (χ1) is 16.3. The van der Waals surface area contributed by atoms with Gasteiger partial charge in [0.2, 0.25) is 5.91 Å². The third-order valence-corrected chi connectivity index (χ3v) is 6.28. The van der Waals surface area contributed by atoms with Gasteiger partial charge in [-0.25, -0.2) is 0 Å². The summed E-state index contributed by atoms with van der Waals surface area (Å²) in [5, 5.41) is 6.50. The molecule has 0 aromatic heterocycles. The average Bonchev–Trinajstić information content (AvgIpc) is 3.20. The van der Waals surface area contributed by atoms with E-state index in [-0.39, 0.29) is 23.6 Å². The lowest BCUT2D eigenvalue weighted by molar-refractivity contribution is -0.143. The van der Waals surface area contributed by atoms with Gasteiger partial charge in [-0.2, -0.15) is 26.3 Å². The topological polar surface area (TPSA) is 41.1 Å². The van der Waals surface area contributed by atoms with Gasteiger partial charge in [-0.15, -0.1) is 0 Å². The van der Waals surface area contributed by atoms with Crippen LogP contribution < -0.4 is 10.6 Å². The van der Waals surface area contributed by atoms with Gasteiger partial charge in [0.05, 0.1) is 11.1 Å². The van der Waals surface area contributed by atoms with Gasteiger partial charge in [0.25, 0.3) is 0 Å². The van der Waals surface area contributed by atoms with Crippen LogP contribution in [0.25, 0.3) is 0 Å². The highest BCUT2D eigenvalue weighted by molar-refractivity contribution is 6.31. The molecule has 2 aromatic rings.